The maximum Gasteiger partial charge on any atom is 0.220 e. The summed E-state index contributed by atoms with van der Waals surface area (Å²) in [5.41, 5.74) is 3.94. The predicted octanol–water partition coefficient (Wildman–Crippen LogP) is 8.42. The zero-order valence-corrected chi connectivity index (χ0v) is 24.6. The van der Waals surface area contributed by atoms with E-state index in [-0.39, 0.29) is 11.7 Å². The van der Waals surface area contributed by atoms with Crippen LogP contribution in [0.25, 0.3) is 5.69 Å². The molecule has 1 N–H and O–H groups in total. The molecule has 1 aromatic heterocycles. The molecule has 1 amide bonds. The number of rotatable bonds is 14. The predicted molar refractivity (Wildman–Crippen MR) is 161 cm³/mol. The first-order valence-electron chi connectivity index (χ1n) is 13.9. The average molecular weight is 579 g/mol. The van der Waals surface area contributed by atoms with Crippen molar-refractivity contribution in [2.75, 3.05) is 0 Å². The number of benzene rings is 3. The minimum absolute atomic E-state index is 0.00955. The van der Waals surface area contributed by atoms with Gasteiger partial charge in [0.1, 0.15) is 5.82 Å². The van der Waals surface area contributed by atoms with Gasteiger partial charge in [0.2, 0.25) is 5.91 Å². The third kappa shape index (κ3) is 8.42. The number of aryl methyl sites for hydroxylation is 1. The van der Waals surface area contributed by atoms with Crippen molar-refractivity contribution < 1.29 is 9.18 Å². The third-order valence-electron chi connectivity index (χ3n) is 6.79. The second kappa shape index (κ2) is 15.0. The highest BCUT2D eigenvalue weighted by Crippen LogP contribution is 2.31. The van der Waals surface area contributed by atoms with E-state index in [1.807, 2.05) is 47.9 Å². The molecular formula is C32H36ClFN4OS. The summed E-state index contributed by atoms with van der Waals surface area (Å²) < 4.78 is 15.4. The second-order valence-corrected chi connectivity index (χ2v) is 11.4. The molecule has 0 fully saturated rings. The number of carbonyl (C=O) groups is 1. The zero-order chi connectivity index (χ0) is 28.3. The fraction of sp³-hybridized carbons (Fsp3) is 0.344. The Kier molecular flexibility index (Phi) is 11.2. The van der Waals surface area contributed by atoms with Gasteiger partial charge in [-0.15, -0.1) is 10.2 Å². The maximum atomic E-state index is 13.4. The molecule has 4 rings (SSSR count). The first-order chi connectivity index (χ1) is 19.4. The Bertz CT molecular complexity index is 1380. The molecule has 0 radical (unpaired) electrons. The highest BCUT2D eigenvalue weighted by Gasteiger charge is 2.25. The molecule has 5 nitrogen and oxygen atoms in total. The van der Waals surface area contributed by atoms with Gasteiger partial charge >= 0.3 is 0 Å². The van der Waals surface area contributed by atoms with Crippen LogP contribution in [-0.4, -0.2) is 20.7 Å². The largest absolute Gasteiger partial charge is 0.346 e. The monoisotopic (exact) mass is 578 g/mol. The molecule has 0 aliphatic heterocycles. The fourth-order valence-electron chi connectivity index (χ4n) is 4.59. The molecular weight excluding hydrogens is 543 g/mol. The number of aromatic nitrogens is 3. The summed E-state index contributed by atoms with van der Waals surface area (Å²) in [4.78, 5) is 13.1. The van der Waals surface area contributed by atoms with Crippen molar-refractivity contribution in [2.45, 2.75) is 75.7 Å². The van der Waals surface area contributed by atoms with Gasteiger partial charge in [-0.3, -0.25) is 9.36 Å². The molecule has 210 valence electrons. The van der Waals surface area contributed by atoms with Crippen LogP contribution in [0.3, 0.4) is 0 Å². The van der Waals surface area contributed by atoms with Crippen molar-refractivity contribution in [1.82, 2.24) is 20.1 Å². The van der Waals surface area contributed by atoms with Crippen LogP contribution in [0.2, 0.25) is 5.02 Å². The lowest BCUT2D eigenvalue weighted by Crippen LogP contribution is -2.32. The Balaban J connectivity index is 1.67. The molecule has 0 aliphatic carbocycles. The molecule has 0 aliphatic rings. The molecule has 4 aromatic rings. The van der Waals surface area contributed by atoms with Gasteiger partial charge in [-0.2, -0.15) is 0 Å². The lowest BCUT2D eigenvalue weighted by Gasteiger charge is -2.21. The average Bonchev–Trinajstić information content (AvgIpc) is 3.38. The van der Waals surface area contributed by atoms with E-state index in [2.05, 4.69) is 34.6 Å². The Morgan fingerprint density at radius 3 is 2.48 bits per heavy atom. The normalized spacial score (nSPS) is 11.9. The summed E-state index contributed by atoms with van der Waals surface area (Å²) in [7, 11) is 0. The van der Waals surface area contributed by atoms with Crippen molar-refractivity contribution in [2.24, 2.45) is 0 Å². The molecule has 0 saturated heterocycles. The van der Waals surface area contributed by atoms with Gasteiger partial charge in [-0.1, -0.05) is 105 Å². The van der Waals surface area contributed by atoms with E-state index >= 15 is 0 Å². The highest BCUT2D eigenvalue weighted by atomic mass is 35.5. The number of amides is 1. The number of halogens is 2. The van der Waals surface area contributed by atoms with Crippen LogP contribution < -0.4 is 5.32 Å². The molecule has 3 aromatic carbocycles. The molecule has 0 saturated carbocycles. The zero-order valence-electron chi connectivity index (χ0n) is 23.1. The van der Waals surface area contributed by atoms with Gasteiger partial charge in [0, 0.05) is 17.2 Å². The van der Waals surface area contributed by atoms with Crippen molar-refractivity contribution in [3.63, 3.8) is 0 Å². The minimum Gasteiger partial charge on any atom is -0.346 e. The van der Waals surface area contributed by atoms with Crippen LogP contribution in [-0.2, 0) is 17.0 Å². The van der Waals surface area contributed by atoms with E-state index < -0.39 is 6.04 Å². The summed E-state index contributed by atoms with van der Waals surface area (Å²) >= 11 is 7.96. The first-order valence-corrected chi connectivity index (χ1v) is 15.2. The molecule has 1 atom stereocenters. The van der Waals surface area contributed by atoms with Crippen molar-refractivity contribution in [3.05, 3.63) is 106 Å². The van der Waals surface area contributed by atoms with E-state index in [9.17, 15) is 9.18 Å². The lowest BCUT2D eigenvalue weighted by atomic mass is 10.0. The molecule has 0 bridgehead atoms. The van der Waals surface area contributed by atoms with E-state index in [0.717, 1.165) is 41.6 Å². The quantitative estimate of drug-likeness (QED) is 0.120. The summed E-state index contributed by atoms with van der Waals surface area (Å²) in [5, 5.41) is 13.7. The van der Waals surface area contributed by atoms with Gasteiger partial charge in [0.25, 0.3) is 0 Å². The van der Waals surface area contributed by atoms with Crippen molar-refractivity contribution in [3.8, 4) is 5.69 Å². The lowest BCUT2D eigenvalue weighted by molar-refractivity contribution is -0.122. The summed E-state index contributed by atoms with van der Waals surface area (Å²) in [5.74, 6) is 0.981. The van der Waals surface area contributed by atoms with Gasteiger partial charge in [-0.05, 0) is 60.7 Å². The molecule has 1 unspecified atom stereocenters. The number of nitrogens with zero attached hydrogens (tertiary/aromatic N) is 3. The molecule has 0 spiro atoms. The van der Waals surface area contributed by atoms with E-state index in [1.54, 1.807) is 12.1 Å². The summed E-state index contributed by atoms with van der Waals surface area (Å²) in [6.45, 7) is 4.20. The molecule has 8 heteroatoms. The van der Waals surface area contributed by atoms with Crippen molar-refractivity contribution in [1.29, 1.82) is 0 Å². The summed E-state index contributed by atoms with van der Waals surface area (Å²) in [6, 6.07) is 21.9. The smallest absolute Gasteiger partial charge is 0.220 e. The topological polar surface area (TPSA) is 59.8 Å². The summed E-state index contributed by atoms with van der Waals surface area (Å²) in [6.07, 6.45) is 6.47. The Morgan fingerprint density at radius 2 is 1.73 bits per heavy atom. The van der Waals surface area contributed by atoms with Crippen LogP contribution in [0.5, 0.6) is 0 Å². The van der Waals surface area contributed by atoms with Gasteiger partial charge in [0.05, 0.1) is 11.7 Å². The van der Waals surface area contributed by atoms with Crippen LogP contribution in [0.15, 0.2) is 78.0 Å². The minimum atomic E-state index is -0.392. The maximum absolute atomic E-state index is 13.4. The Labute approximate surface area is 245 Å². The Morgan fingerprint density at radius 1 is 0.975 bits per heavy atom. The number of nitrogens with one attached hydrogen (secondary N) is 1. The third-order valence-corrected chi connectivity index (χ3v) is 8.02. The number of hydrogen-bond acceptors (Lipinski definition) is 4. The Hall–Kier alpha value is -3.16. The van der Waals surface area contributed by atoms with Crippen molar-refractivity contribution >= 4 is 29.3 Å². The first kappa shape index (κ1) is 29.8. The number of unbranched alkanes of at least 4 members (excludes halogenated alkanes) is 4. The fourth-order valence-corrected chi connectivity index (χ4v) is 5.67. The SMILES string of the molecule is CCCCCCCC(=O)NC(Cc1ccccc1)c1nnc(SCc2ccc(F)cc2)n1-c1cc(Cl)ccc1C. The van der Waals surface area contributed by atoms with Gasteiger partial charge < -0.3 is 5.32 Å². The van der Waals surface area contributed by atoms with Crippen LogP contribution >= 0.6 is 23.4 Å². The highest BCUT2D eigenvalue weighted by molar-refractivity contribution is 7.98. The second-order valence-electron chi connectivity index (χ2n) is 10.00. The number of carbonyl (C=O) groups excluding carboxylic acids is 1. The van der Waals surface area contributed by atoms with E-state index in [1.165, 1.54) is 36.7 Å². The van der Waals surface area contributed by atoms with Gasteiger partial charge in [-0.25, -0.2) is 4.39 Å². The van der Waals surface area contributed by atoms with E-state index in [4.69, 9.17) is 11.6 Å². The standard InChI is InChI=1S/C32H36ClFN4OS/c1-3-4-5-6-10-13-30(39)35-28(20-24-11-8-7-9-12-24)31-36-37-32(40-22-25-15-18-27(34)19-16-25)38(31)29-21-26(33)17-14-23(29)2/h7-9,11-12,14-19,21,28H,3-6,10,13,20,22H2,1-2H3,(H,35,39). The van der Waals surface area contributed by atoms with Crippen LogP contribution in [0.4, 0.5) is 4.39 Å². The van der Waals surface area contributed by atoms with Crippen LogP contribution in [0.1, 0.15) is 74.0 Å². The molecule has 1 heterocycles. The number of thioether (sulfide) groups is 1. The molecule has 40 heavy (non-hydrogen) atoms. The van der Waals surface area contributed by atoms with Gasteiger partial charge in [0.15, 0.2) is 11.0 Å². The van der Waals surface area contributed by atoms with Crippen LogP contribution in [0, 0.1) is 12.7 Å². The van der Waals surface area contributed by atoms with E-state index in [0.29, 0.717) is 34.6 Å². The number of hydrogen-bond donors (Lipinski definition) is 1.